The number of nitrogens with zero attached hydrogens (tertiary/aromatic N) is 2. The summed E-state index contributed by atoms with van der Waals surface area (Å²) in [6, 6.07) is 22.1. The average molecular weight is 242 g/mol. The zero-order valence-electron chi connectivity index (χ0n) is 10.2. The van der Waals surface area contributed by atoms with Crippen LogP contribution in [0.4, 0.5) is 0 Å². The molecule has 0 aliphatic heterocycles. The molecule has 0 amide bonds. The van der Waals surface area contributed by atoms with Crippen LogP contribution < -0.4 is 0 Å². The van der Waals surface area contributed by atoms with Crippen LogP contribution in [0.15, 0.2) is 54.6 Å². The van der Waals surface area contributed by atoms with Crippen molar-refractivity contribution in [2.45, 2.75) is 5.92 Å². The van der Waals surface area contributed by atoms with Gasteiger partial charge < -0.3 is 0 Å². The summed E-state index contributed by atoms with van der Waals surface area (Å²) in [7, 11) is 0. The molecule has 0 N–H and O–H groups in total. The summed E-state index contributed by atoms with van der Waals surface area (Å²) in [6.45, 7) is 0. The third-order valence-electron chi connectivity index (χ3n) is 3.35. The average Bonchev–Trinajstić information content (AvgIpc) is 2.46. The molecule has 0 atom stereocenters. The molecule has 2 nitrogen and oxygen atoms in total. The van der Waals surface area contributed by atoms with Gasteiger partial charge in [0.25, 0.3) is 0 Å². The first-order valence-electron chi connectivity index (χ1n) is 6.04. The maximum absolute atomic E-state index is 9.08. The Bertz CT molecular complexity index is 836. The Labute approximate surface area is 111 Å². The molecule has 0 spiro atoms. The van der Waals surface area contributed by atoms with Crippen molar-refractivity contribution < 1.29 is 0 Å². The van der Waals surface area contributed by atoms with E-state index in [2.05, 4.69) is 18.2 Å². The first-order chi connectivity index (χ1) is 9.33. The molecule has 0 radical (unpaired) electrons. The van der Waals surface area contributed by atoms with E-state index in [1.807, 2.05) is 48.5 Å². The molecule has 19 heavy (non-hydrogen) atoms. The van der Waals surface area contributed by atoms with Crippen molar-refractivity contribution in [2.75, 3.05) is 0 Å². The van der Waals surface area contributed by atoms with E-state index in [1.54, 1.807) is 0 Å². The van der Waals surface area contributed by atoms with Gasteiger partial charge in [0.15, 0.2) is 5.92 Å². The van der Waals surface area contributed by atoms with E-state index in [4.69, 9.17) is 10.5 Å². The maximum Gasteiger partial charge on any atom is 0.158 e. The SMILES string of the molecule is N#CC(C#N)c1cccc2cc3ccccc3cc12. The quantitative estimate of drug-likeness (QED) is 0.602. The van der Waals surface area contributed by atoms with E-state index in [0.29, 0.717) is 0 Å². The van der Waals surface area contributed by atoms with Crippen molar-refractivity contribution in [3.05, 3.63) is 60.2 Å². The highest BCUT2D eigenvalue weighted by atomic mass is 14.3. The number of nitriles is 2. The molecule has 0 aromatic heterocycles. The van der Waals surface area contributed by atoms with Crippen LogP contribution in [0.25, 0.3) is 21.5 Å². The lowest BCUT2D eigenvalue weighted by atomic mass is 9.93. The number of fused-ring (bicyclic) bond motifs is 2. The van der Waals surface area contributed by atoms with Gasteiger partial charge in [0, 0.05) is 0 Å². The minimum atomic E-state index is -0.718. The van der Waals surface area contributed by atoms with Gasteiger partial charge in [-0.3, -0.25) is 0 Å². The van der Waals surface area contributed by atoms with Crippen LogP contribution in [-0.2, 0) is 0 Å². The molecule has 3 rings (SSSR count). The molecule has 88 valence electrons. The van der Waals surface area contributed by atoms with Crippen LogP contribution in [0.5, 0.6) is 0 Å². The lowest BCUT2D eigenvalue weighted by Crippen LogP contribution is -1.93. The van der Waals surface area contributed by atoms with Crippen molar-refractivity contribution in [3.8, 4) is 12.1 Å². The lowest BCUT2D eigenvalue weighted by Gasteiger charge is -2.08. The number of hydrogen-bond acceptors (Lipinski definition) is 2. The van der Waals surface area contributed by atoms with E-state index in [9.17, 15) is 0 Å². The molecular weight excluding hydrogens is 232 g/mol. The van der Waals surface area contributed by atoms with Crippen LogP contribution in [0.3, 0.4) is 0 Å². The molecule has 2 heteroatoms. The Morgan fingerprint density at radius 1 is 0.737 bits per heavy atom. The van der Waals surface area contributed by atoms with E-state index >= 15 is 0 Å². The standard InChI is InChI=1S/C17H10N2/c18-10-15(11-19)16-7-3-6-14-8-12-4-1-2-5-13(12)9-17(14)16/h1-9,15H. The van der Waals surface area contributed by atoms with Crippen LogP contribution in [0, 0.1) is 22.7 Å². The summed E-state index contributed by atoms with van der Waals surface area (Å²) >= 11 is 0. The molecule has 0 aliphatic carbocycles. The summed E-state index contributed by atoms with van der Waals surface area (Å²) in [6.07, 6.45) is 0. The summed E-state index contributed by atoms with van der Waals surface area (Å²) in [5, 5.41) is 22.5. The van der Waals surface area contributed by atoms with E-state index in [0.717, 1.165) is 27.1 Å². The van der Waals surface area contributed by atoms with Gasteiger partial charge in [0.05, 0.1) is 12.1 Å². The van der Waals surface area contributed by atoms with Gasteiger partial charge in [0.1, 0.15) is 0 Å². The second kappa shape index (κ2) is 4.44. The van der Waals surface area contributed by atoms with Gasteiger partial charge in [-0.2, -0.15) is 10.5 Å². The molecule has 0 saturated heterocycles. The van der Waals surface area contributed by atoms with E-state index in [1.165, 1.54) is 0 Å². The molecule has 0 unspecified atom stereocenters. The zero-order chi connectivity index (χ0) is 13.2. The third-order valence-corrected chi connectivity index (χ3v) is 3.35. The molecule has 3 aromatic rings. The van der Waals surface area contributed by atoms with E-state index < -0.39 is 5.92 Å². The summed E-state index contributed by atoms with van der Waals surface area (Å²) in [5.74, 6) is -0.718. The predicted molar refractivity (Wildman–Crippen MR) is 75.4 cm³/mol. The largest absolute Gasteiger partial charge is 0.196 e. The molecular formula is C17H10N2. The van der Waals surface area contributed by atoms with Gasteiger partial charge in [-0.15, -0.1) is 0 Å². The monoisotopic (exact) mass is 242 g/mol. The fourth-order valence-electron chi connectivity index (χ4n) is 2.41. The Hall–Kier alpha value is -2.84. The number of rotatable bonds is 1. The second-order valence-corrected chi connectivity index (χ2v) is 4.46. The highest BCUT2D eigenvalue weighted by Crippen LogP contribution is 2.29. The van der Waals surface area contributed by atoms with Gasteiger partial charge in [0.2, 0.25) is 0 Å². The van der Waals surface area contributed by atoms with Crippen LogP contribution in [0.1, 0.15) is 11.5 Å². The lowest BCUT2D eigenvalue weighted by molar-refractivity contribution is 1.12. The minimum absolute atomic E-state index is 0.718. The molecule has 0 saturated carbocycles. The highest BCUT2D eigenvalue weighted by molar-refractivity contribution is 6.00. The Morgan fingerprint density at radius 3 is 2.05 bits per heavy atom. The molecule has 0 fully saturated rings. The van der Waals surface area contributed by atoms with Crippen molar-refractivity contribution in [3.63, 3.8) is 0 Å². The van der Waals surface area contributed by atoms with E-state index in [-0.39, 0.29) is 0 Å². The Balaban J connectivity index is 2.39. The Kier molecular flexibility index (Phi) is 2.63. The van der Waals surface area contributed by atoms with Crippen LogP contribution in [0.2, 0.25) is 0 Å². The highest BCUT2D eigenvalue weighted by Gasteiger charge is 2.12. The Morgan fingerprint density at radius 2 is 1.37 bits per heavy atom. The number of benzene rings is 3. The van der Waals surface area contributed by atoms with Crippen molar-refractivity contribution >= 4 is 21.5 Å². The van der Waals surface area contributed by atoms with Gasteiger partial charge in [-0.25, -0.2) is 0 Å². The van der Waals surface area contributed by atoms with Crippen LogP contribution >= 0.6 is 0 Å². The van der Waals surface area contributed by atoms with Crippen molar-refractivity contribution in [2.24, 2.45) is 0 Å². The first kappa shape index (κ1) is 11.3. The van der Waals surface area contributed by atoms with Gasteiger partial charge >= 0.3 is 0 Å². The maximum atomic E-state index is 9.08. The molecule has 0 bridgehead atoms. The fourth-order valence-corrected chi connectivity index (χ4v) is 2.41. The van der Waals surface area contributed by atoms with Crippen LogP contribution in [-0.4, -0.2) is 0 Å². The van der Waals surface area contributed by atoms with Gasteiger partial charge in [-0.05, 0) is 39.2 Å². The van der Waals surface area contributed by atoms with Gasteiger partial charge in [-0.1, -0.05) is 42.5 Å². The first-order valence-corrected chi connectivity index (χ1v) is 6.04. The number of hydrogen-bond donors (Lipinski definition) is 0. The smallest absolute Gasteiger partial charge is 0.158 e. The van der Waals surface area contributed by atoms with Crippen molar-refractivity contribution in [1.29, 1.82) is 10.5 Å². The van der Waals surface area contributed by atoms with Crippen molar-refractivity contribution in [1.82, 2.24) is 0 Å². The topological polar surface area (TPSA) is 47.6 Å². The molecule has 0 aliphatic rings. The molecule has 0 heterocycles. The second-order valence-electron chi connectivity index (χ2n) is 4.46. The molecule has 3 aromatic carbocycles. The minimum Gasteiger partial charge on any atom is -0.196 e. The normalized spacial score (nSPS) is 10.5. The summed E-state index contributed by atoms with van der Waals surface area (Å²) in [4.78, 5) is 0. The third kappa shape index (κ3) is 1.80. The summed E-state index contributed by atoms with van der Waals surface area (Å²) < 4.78 is 0. The summed E-state index contributed by atoms with van der Waals surface area (Å²) in [5.41, 5.74) is 0.785. The fraction of sp³-hybridized carbons (Fsp3) is 0.0588. The predicted octanol–water partition coefficient (Wildman–Crippen LogP) is 4.12. The zero-order valence-corrected chi connectivity index (χ0v) is 10.2.